The van der Waals surface area contributed by atoms with E-state index in [4.69, 9.17) is 5.14 Å². The second-order valence-electron chi connectivity index (χ2n) is 6.23. The zero-order valence-corrected chi connectivity index (χ0v) is 15.4. The fourth-order valence-electron chi connectivity index (χ4n) is 2.83. The van der Waals surface area contributed by atoms with Gasteiger partial charge in [0.1, 0.15) is 10.7 Å². The number of nitro groups is 1. The predicted molar refractivity (Wildman–Crippen MR) is 101 cm³/mol. The zero-order valence-electron chi connectivity index (χ0n) is 14.6. The number of pyridine rings is 1. The van der Waals surface area contributed by atoms with Crippen LogP contribution < -0.4 is 20.7 Å². The maximum absolute atomic E-state index is 12.1. The van der Waals surface area contributed by atoms with Crippen LogP contribution in [-0.4, -0.2) is 43.5 Å². The highest BCUT2D eigenvalue weighted by Gasteiger charge is 2.25. The molecule has 0 unspecified atom stereocenters. The number of sulfonamides is 1. The number of hydrogen-bond acceptors (Lipinski definition) is 7. The van der Waals surface area contributed by atoms with Gasteiger partial charge in [-0.3, -0.25) is 10.1 Å². The standard InChI is InChI=1S/C16H18N6O5S/c17-28(26,27)14-5-6-15(18-9-14)21-8-7-12(10-21)20-16(23)19-11-1-3-13(4-2-11)22(24)25/h1-6,9,12H,7-8,10H2,(H2,17,26,27)(H2,19,20,23)/t12-/m1/s1. The number of rotatable bonds is 5. The third-order valence-electron chi connectivity index (χ3n) is 4.23. The summed E-state index contributed by atoms with van der Waals surface area (Å²) in [5.74, 6) is 0.590. The molecular weight excluding hydrogens is 388 g/mol. The van der Waals surface area contributed by atoms with Crippen LogP contribution in [0.4, 0.5) is 22.0 Å². The Labute approximate surface area is 160 Å². The van der Waals surface area contributed by atoms with E-state index < -0.39 is 21.0 Å². The van der Waals surface area contributed by atoms with Gasteiger partial charge in [-0.2, -0.15) is 0 Å². The molecule has 1 aliphatic rings. The molecule has 2 heterocycles. The first-order valence-corrected chi connectivity index (χ1v) is 9.83. The number of nitrogens with two attached hydrogens (primary N) is 1. The highest BCUT2D eigenvalue weighted by atomic mass is 32.2. The molecule has 0 bridgehead atoms. The van der Waals surface area contributed by atoms with Crippen LogP contribution in [0.15, 0.2) is 47.5 Å². The maximum atomic E-state index is 12.1. The van der Waals surface area contributed by atoms with Crippen molar-refractivity contribution in [2.75, 3.05) is 23.3 Å². The number of aromatic nitrogens is 1. The predicted octanol–water partition coefficient (Wildman–Crippen LogP) is 1.04. The summed E-state index contributed by atoms with van der Waals surface area (Å²) >= 11 is 0. The van der Waals surface area contributed by atoms with Crippen LogP contribution in [0.3, 0.4) is 0 Å². The summed E-state index contributed by atoms with van der Waals surface area (Å²) in [6.45, 7) is 1.15. The molecule has 1 atom stereocenters. The van der Waals surface area contributed by atoms with Crippen LogP contribution in [0.2, 0.25) is 0 Å². The Morgan fingerprint density at radius 3 is 2.54 bits per heavy atom. The third-order valence-corrected chi connectivity index (χ3v) is 5.13. The normalized spacial score (nSPS) is 16.6. The Bertz CT molecular complexity index is 978. The Morgan fingerprint density at radius 2 is 1.96 bits per heavy atom. The van der Waals surface area contributed by atoms with E-state index in [-0.39, 0.29) is 16.6 Å². The molecule has 28 heavy (non-hydrogen) atoms. The Balaban J connectivity index is 1.54. The summed E-state index contributed by atoms with van der Waals surface area (Å²) in [5.41, 5.74) is 0.386. The summed E-state index contributed by atoms with van der Waals surface area (Å²) in [6.07, 6.45) is 1.89. The molecule has 1 fully saturated rings. The maximum Gasteiger partial charge on any atom is 0.319 e. The summed E-state index contributed by atoms with van der Waals surface area (Å²) < 4.78 is 22.6. The minimum atomic E-state index is -3.79. The lowest BCUT2D eigenvalue weighted by Gasteiger charge is -2.18. The molecule has 12 heteroatoms. The van der Waals surface area contributed by atoms with Crippen molar-refractivity contribution >= 4 is 33.2 Å². The number of anilines is 2. The van der Waals surface area contributed by atoms with E-state index in [0.717, 1.165) is 0 Å². The highest BCUT2D eigenvalue weighted by Crippen LogP contribution is 2.20. The molecule has 1 aromatic heterocycles. The fraction of sp³-hybridized carbons (Fsp3) is 0.250. The van der Waals surface area contributed by atoms with E-state index in [1.54, 1.807) is 6.07 Å². The van der Waals surface area contributed by atoms with Crippen molar-refractivity contribution in [3.05, 3.63) is 52.7 Å². The van der Waals surface area contributed by atoms with Gasteiger partial charge in [-0.1, -0.05) is 0 Å². The smallest absolute Gasteiger partial charge is 0.319 e. The number of hydrogen-bond donors (Lipinski definition) is 3. The number of nitro benzene ring substituents is 1. The number of benzene rings is 1. The topological polar surface area (TPSA) is 161 Å². The molecule has 1 aromatic carbocycles. The lowest BCUT2D eigenvalue weighted by molar-refractivity contribution is -0.384. The minimum absolute atomic E-state index is 0.0571. The molecule has 2 aromatic rings. The number of primary sulfonamides is 1. The van der Waals surface area contributed by atoms with Gasteiger partial charge in [-0.15, -0.1) is 0 Å². The van der Waals surface area contributed by atoms with Crippen molar-refractivity contribution < 1.29 is 18.1 Å². The van der Waals surface area contributed by atoms with Crippen LogP contribution in [0.1, 0.15) is 6.42 Å². The largest absolute Gasteiger partial charge is 0.354 e. The molecule has 148 valence electrons. The first kappa shape index (κ1) is 19.5. The molecule has 0 radical (unpaired) electrons. The Kier molecular flexibility index (Phi) is 5.42. The minimum Gasteiger partial charge on any atom is -0.354 e. The van der Waals surface area contributed by atoms with Crippen LogP contribution in [0.5, 0.6) is 0 Å². The average molecular weight is 406 g/mol. The summed E-state index contributed by atoms with van der Waals surface area (Å²) in [7, 11) is -3.79. The number of carbonyl (C=O) groups is 1. The number of urea groups is 1. The second-order valence-corrected chi connectivity index (χ2v) is 7.79. The van der Waals surface area contributed by atoms with Crippen molar-refractivity contribution in [1.29, 1.82) is 0 Å². The SMILES string of the molecule is NS(=O)(=O)c1ccc(N2CC[C@@H](NC(=O)Nc3ccc([N+](=O)[O-])cc3)C2)nc1. The van der Waals surface area contributed by atoms with E-state index in [1.807, 2.05) is 4.90 Å². The van der Waals surface area contributed by atoms with Crippen LogP contribution >= 0.6 is 0 Å². The molecule has 1 aliphatic heterocycles. The molecule has 3 rings (SSSR count). The molecule has 11 nitrogen and oxygen atoms in total. The number of amides is 2. The zero-order chi connectivity index (χ0) is 20.3. The van der Waals surface area contributed by atoms with Crippen molar-refractivity contribution in [3.63, 3.8) is 0 Å². The second kappa shape index (κ2) is 7.78. The summed E-state index contributed by atoms with van der Waals surface area (Å²) in [5, 5.41) is 21.2. The van der Waals surface area contributed by atoms with E-state index >= 15 is 0 Å². The molecule has 1 saturated heterocycles. The number of nitrogens with zero attached hydrogens (tertiary/aromatic N) is 3. The highest BCUT2D eigenvalue weighted by molar-refractivity contribution is 7.89. The lowest BCUT2D eigenvalue weighted by Crippen LogP contribution is -2.39. The summed E-state index contributed by atoms with van der Waals surface area (Å²) in [6, 6.07) is 7.94. The van der Waals surface area contributed by atoms with Gasteiger partial charge in [0.15, 0.2) is 0 Å². The van der Waals surface area contributed by atoms with Gasteiger partial charge in [0.25, 0.3) is 5.69 Å². The Hall–Kier alpha value is -3.25. The van der Waals surface area contributed by atoms with Gasteiger partial charge in [-0.25, -0.2) is 23.3 Å². The number of carbonyl (C=O) groups excluding carboxylic acids is 1. The lowest BCUT2D eigenvalue weighted by atomic mass is 10.2. The van der Waals surface area contributed by atoms with E-state index in [0.29, 0.717) is 31.0 Å². The van der Waals surface area contributed by atoms with E-state index in [9.17, 15) is 23.3 Å². The van der Waals surface area contributed by atoms with Crippen molar-refractivity contribution in [3.8, 4) is 0 Å². The fourth-order valence-corrected chi connectivity index (χ4v) is 3.29. The van der Waals surface area contributed by atoms with Gasteiger partial charge in [-0.05, 0) is 30.7 Å². The van der Waals surface area contributed by atoms with Gasteiger partial charge in [0.2, 0.25) is 10.0 Å². The van der Waals surface area contributed by atoms with Crippen LogP contribution in [-0.2, 0) is 10.0 Å². The van der Waals surface area contributed by atoms with E-state index in [1.165, 1.54) is 36.5 Å². The van der Waals surface area contributed by atoms with Crippen molar-refractivity contribution in [1.82, 2.24) is 10.3 Å². The van der Waals surface area contributed by atoms with Crippen LogP contribution in [0.25, 0.3) is 0 Å². The Morgan fingerprint density at radius 1 is 1.25 bits per heavy atom. The van der Waals surface area contributed by atoms with Crippen molar-refractivity contribution in [2.24, 2.45) is 5.14 Å². The number of non-ortho nitro benzene ring substituents is 1. The van der Waals surface area contributed by atoms with Gasteiger partial charge < -0.3 is 15.5 Å². The summed E-state index contributed by atoms with van der Waals surface area (Å²) in [4.78, 5) is 28.2. The van der Waals surface area contributed by atoms with Gasteiger partial charge in [0, 0.05) is 43.1 Å². The first-order valence-electron chi connectivity index (χ1n) is 8.28. The molecule has 2 amide bonds. The van der Waals surface area contributed by atoms with Crippen molar-refractivity contribution in [2.45, 2.75) is 17.4 Å². The molecule has 4 N–H and O–H groups in total. The average Bonchev–Trinajstić information content (AvgIpc) is 3.10. The number of nitrogens with one attached hydrogen (secondary N) is 2. The molecular formula is C16H18N6O5S. The van der Waals surface area contributed by atoms with Crippen LogP contribution in [0, 0.1) is 10.1 Å². The molecule has 0 aliphatic carbocycles. The quantitative estimate of drug-likeness (QED) is 0.494. The van der Waals surface area contributed by atoms with E-state index in [2.05, 4.69) is 15.6 Å². The third kappa shape index (κ3) is 4.72. The van der Waals surface area contributed by atoms with Gasteiger partial charge >= 0.3 is 6.03 Å². The first-order chi connectivity index (χ1) is 13.2. The molecule has 0 saturated carbocycles. The van der Waals surface area contributed by atoms with Gasteiger partial charge in [0.05, 0.1) is 4.92 Å². The molecule has 0 spiro atoms. The monoisotopic (exact) mass is 406 g/mol.